The molecule has 136 valence electrons. The second-order valence-electron chi connectivity index (χ2n) is 7.07. The van der Waals surface area contributed by atoms with Crippen molar-refractivity contribution in [2.75, 3.05) is 25.4 Å². The maximum atomic E-state index is 12.2. The van der Waals surface area contributed by atoms with Gasteiger partial charge in [-0.3, -0.25) is 9.59 Å². The Morgan fingerprint density at radius 2 is 1.92 bits per heavy atom. The van der Waals surface area contributed by atoms with E-state index in [1.165, 1.54) is 37.7 Å². The van der Waals surface area contributed by atoms with E-state index in [0.29, 0.717) is 19.5 Å². The number of amides is 2. The summed E-state index contributed by atoms with van der Waals surface area (Å²) in [5.74, 6) is 1.23. The van der Waals surface area contributed by atoms with Crippen LogP contribution >= 0.6 is 11.8 Å². The molecule has 1 aromatic rings. The van der Waals surface area contributed by atoms with Crippen LogP contribution in [-0.2, 0) is 9.59 Å². The number of nitrogens with one attached hydrogen (secondary N) is 1. The molecule has 5 heteroatoms. The summed E-state index contributed by atoms with van der Waals surface area (Å²) in [4.78, 5) is 26.0. The van der Waals surface area contributed by atoms with Crippen LogP contribution in [0.5, 0.6) is 0 Å². The zero-order valence-electron chi connectivity index (χ0n) is 14.8. The van der Waals surface area contributed by atoms with Gasteiger partial charge in [0.25, 0.3) is 0 Å². The fourth-order valence-electron chi connectivity index (χ4n) is 3.75. The van der Waals surface area contributed by atoms with Crippen LogP contribution in [0, 0.1) is 0 Å². The Hall–Kier alpha value is -1.49. The van der Waals surface area contributed by atoms with Crippen LogP contribution in [0.2, 0.25) is 0 Å². The van der Waals surface area contributed by atoms with E-state index in [0.717, 1.165) is 11.0 Å². The summed E-state index contributed by atoms with van der Waals surface area (Å²) in [5.41, 5.74) is 1.18. The minimum Gasteiger partial charge on any atom is -0.354 e. The van der Waals surface area contributed by atoms with E-state index in [1.54, 1.807) is 4.90 Å². The molecule has 4 nitrogen and oxygen atoms in total. The van der Waals surface area contributed by atoms with Gasteiger partial charge in [0, 0.05) is 36.4 Å². The zero-order chi connectivity index (χ0) is 17.5. The van der Waals surface area contributed by atoms with Crippen molar-refractivity contribution < 1.29 is 9.59 Å². The molecule has 3 rings (SSSR count). The molecular weight excluding hydrogens is 332 g/mol. The molecule has 0 radical (unpaired) electrons. The highest BCUT2D eigenvalue weighted by Crippen LogP contribution is 2.28. The third-order valence-corrected chi connectivity index (χ3v) is 6.53. The van der Waals surface area contributed by atoms with E-state index in [-0.39, 0.29) is 24.3 Å². The molecule has 25 heavy (non-hydrogen) atoms. The third-order valence-electron chi connectivity index (χ3n) is 5.15. The van der Waals surface area contributed by atoms with Crippen LogP contribution in [0.3, 0.4) is 0 Å². The van der Waals surface area contributed by atoms with Crippen LogP contribution < -0.4 is 5.32 Å². The van der Waals surface area contributed by atoms with Crippen molar-refractivity contribution in [2.24, 2.45) is 0 Å². The lowest BCUT2D eigenvalue weighted by Gasteiger charge is -2.21. The van der Waals surface area contributed by atoms with Crippen molar-refractivity contribution in [3.8, 4) is 0 Å². The predicted molar refractivity (Wildman–Crippen MR) is 103 cm³/mol. The lowest BCUT2D eigenvalue weighted by atomic mass is 9.99. The number of hydrogen-bond acceptors (Lipinski definition) is 3. The minimum atomic E-state index is -0.0358. The number of benzene rings is 1. The quantitative estimate of drug-likeness (QED) is 0.760. The predicted octanol–water partition coefficient (Wildman–Crippen LogP) is 3.18. The topological polar surface area (TPSA) is 49.4 Å². The van der Waals surface area contributed by atoms with E-state index in [9.17, 15) is 9.59 Å². The highest BCUT2D eigenvalue weighted by Gasteiger charge is 2.31. The normalized spacial score (nSPS) is 21.5. The van der Waals surface area contributed by atoms with Crippen LogP contribution in [0.25, 0.3) is 0 Å². The Balaban J connectivity index is 1.35. The molecule has 1 atom stereocenters. The lowest BCUT2D eigenvalue weighted by molar-refractivity contribution is -0.133. The van der Waals surface area contributed by atoms with Crippen molar-refractivity contribution in [2.45, 2.75) is 49.7 Å². The van der Waals surface area contributed by atoms with Crippen molar-refractivity contribution >= 4 is 23.6 Å². The van der Waals surface area contributed by atoms with Crippen molar-refractivity contribution in [3.63, 3.8) is 0 Å². The summed E-state index contributed by atoms with van der Waals surface area (Å²) in [6.45, 7) is 1.54. The molecule has 0 unspecified atom stereocenters. The second-order valence-corrected chi connectivity index (χ2v) is 8.48. The molecule has 0 aromatic heterocycles. The molecule has 2 amide bonds. The highest BCUT2D eigenvalue weighted by atomic mass is 32.2. The van der Waals surface area contributed by atoms with Gasteiger partial charge >= 0.3 is 0 Å². The number of carbonyl (C=O) groups is 2. The number of carbonyl (C=O) groups excluding carboxylic acids is 2. The van der Waals surface area contributed by atoms with Gasteiger partial charge in [-0.1, -0.05) is 49.6 Å². The number of nitrogens with zero attached hydrogens (tertiary/aromatic N) is 1. The van der Waals surface area contributed by atoms with E-state index in [1.807, 2.05) is 30.0 Å². The SMILES string of the molecule is O=C(CN1C[C@@H](c2ccccc2)CC1=O)NCCSC1CCCCC1. The maximum Gasteiger partial charge on any atom is 0.239 e. The number of rotatable bonds is 7. The summed E-state index contributed by atoms with van der Waals surface area (Å²) in [5, 5.41) is 3.75. The summed E-state index contributed by atoms with van der Waals surface area (Å²) >= 11 is 1.99. The first-order valence-corrected chi connectivity index (χ1v) is 10.5. The summed E-state index contributed by atoms with van der Waals surface area (Å²) < 4.78 is 0. The molecule has 1 heterocycles. The van der Waals surface area contributed by atoms with Gasteiger partial charge in [-0.15, -0.1) is 0 Å². The first-order chi connectivity index (χ1) is 12.2. The van der Waals surface area contributed by atoms with Crippen LogP contribution in [0.4, 0.5) is 0 Å². The fraction of sp³-hybridized carbons (Fsp3) is 0.600. The minimum absolute atomic E-state index is 0.0358. The van der Waals surface area contributed by atoms with Crippen molar-refractivity contribution in [3.05, 3.63) is 35.9 Å². The lowest BCUT2D eigenvalue weighted by Crippen LogP contribution is -2.38. The van der Waals surface area contributed by atoms with Crippen molar-refractivity contribution in [1.82, 2.24) is 10.2 Å². The molecule has 2 fully saturated rings. The average Bonchev–Trinajstić information content (AvgIpc) is 3.01. The van der Waals surface area contributed by atoms with E-state index >= 15 is 0 Å². The van der Waals surface area contributed by atoms with Gasteiger partial charge in [0.05, 0.1) is 6.54 Å². The average molecular weight is 361 g/mol. The molecule has 2 aliphatic rings. The van der Waals surface area contributed by atoms with E-state index < -0.39 is 0 Å². The first-order valence-electron chi connectivity index (χ1n) is 9.43. The summed E-state index contributed by atoms with van der Waals surface area (Å²) in [6, 6.07) is 10.1. The Labute approximate surface area is 154 Å². The number of thioether (sulfide) groups is 1. The summed E-state index contributed by atoms with van der Waals surface area (Å²) in [6.07, 6.45) is 7.23. The molecule has 1 saturated heterocycles. The second kappa shape index (κ2) is 9.27. The molecule has 0 spiro atoms. The van der Waals surface area contributed by atoms with Gasteiger partial charge in [-0.25, -0.2) is 0 Å². The molecule has 0 bridgehead atoms. The van der Waals surface area contributed by atoms with Crippen LogP contribution in [-0.4, -0.2) is 47.4 Å². The number of hydrogen-bond donors (Lipinski definition) is 1. The van der Waals surface area contributed by atoms with Gasteiger partial charge < -0.3 is 10.2 Å². The molecule has 1 saturated carbocycles. The largest absolute Gasteiger partial charge is 0.354 e. The first kappa shape index (κ1) is 18.3. The van der Waals surface area contributed by atoms with Gasteiger partial charge in [-0.05, 0) is 18.4 Å². The zero-order valence-corrected chi connectivity index (χ0v) is 15.6. The fourth-order valence-corrected chi connectivity index (χ4v) is 4.97. The Morgan fingerprint density at radius 1 is 1.16 bits per heavy atom. The smallest absolute Gasteiger partial charge is 0.239 e. The standard InChI is InChI=1S/C20H28N2O2S/c23-19(21-11-12-25-18-9-5-2-6-10-18)15-22-14-17(13-20(22)24)16-7-3-1-4-8-16/h1,3-4,7-8,17-18H,2,5-6,9-15H2,(H,21,23)/t17-/m0/s1. The van der Waals surface area contributed by atoms with Gasteiger partial charge in [0.2, 0.25) is 11.8 Å². The molecular formula is C20H28N2O2S. The maximum absolute atomic E-state index is 12.2. The number of likely N-dealkylation sites (tertiary alicyclic amines) is 1. The van der Waals surface area contributed by atoms with Gasteiger partial charge in [0.15, 0.2) is 0 Å². The monoisotopic (exact) mass is 360 g/mol. The molecule has 1 N–H and O–H groups in total. The van der Waals surface area contributed by atoms with E-state index in [2.05, 4.69) is 17.4 Å². The Morgan fingerprint density at radius 3 is 2.68 bits per heavy atom. The Kier molecular flexibility index (Phi) is 6.79. The van der Waals surface area contributed by atoms with Crippen molar-refractivity contribution in [1.29, 1.82) is 0 Å². The molecule has 1 aliphatic heterocycles. The summed E-state index contributed by atoms with van der Waals surface area (Å²) in [7, 11) is 0. The van der Waals surface area contributed by atoms with E-state index in [4.69, 9.17) is 0 Å². The Bertz CT molecular complexity index is 572. The van der Waals surface area contributed by atoms with Gasteiger partial charge in [0.1, 0.15) is 0 Å². The van der Waals surface area contributed by atoms with Crippen LogP contribution in [0.15, 0.2) is 30.3 Å². The highest BCUT2D eigenvalue weighted by molar-refractivity contribution is 7.99. The molecule has 1 aliphatic carbocycles. The third kappa shape index (κ3) is 5.50. The van der Waals surface area contributed by atoms with Crippen LogP contribution in [0.1, 0.15) is 50.0 Å². The molecule has 1 aromatic carbocycles. The van der Waals surface area contributed by atoms with Gasteiger partial charge in [-0.2, -0.15) is 11.8 Å².